The molecule has 0 aromatic carbocycles. The Morgan fingerprint density at radius 1 is 1.25 bits per heavy atom. The number of nitrogens with one attached hydrogen (secondary N) is 1. The normalized spacial score (nSPS) is 10.3. The highest BCUT2D eigenvalue weighted by Gasteiger charge is 2.01. The highest BCUT2D eigenvalue weighted by molar-refractivity contribution is 5.66. The molecule has 0 radical (unpaired) electrons. The second-order valence-electron chi connectivity index (χ2n) is 3.39. The van der Waals surface area contributed by atoms with E-state index >= 15 is 0 Å². The first-order valence-electron chi connectivity index (χ1n) is 5.19. The van der Waals surface area contributed by atoms with Gasteiger partial charge in [0.2, 0.25) is 5.69 Å². The van der Waals surface area contributed by atoms with Crippen molar-refractivity contribution in [1.82, 2.24) is 4.98 Å². The molecule has 0 unspecified atom stereocenters. The highest BCUT2D eigenvalue weighted by Crippen LogP contribution is 2.03. The van der Waals surface area contributed by atoms with Gasteiger partial charge < -0.3 is 29.0 Å². The van der Waals surface area contributed by atoms with Crippen LogP contribution in [0.2, 0.25) is 0 Å². The average molecular weight is 326 g/mol. The Kier molecular flexibility index (Phi) is 5.25. The van der Waals surface area contributed by atoms with E-state index in [1.165, 1.54) is 11.3 Å². The van der Waals surface area contributed by atoms with Gasteiger partial charge in [0, 0.05) is 30.6 Å². The average Bonchev–Trinajstić information content (AvgIpc) is 2.79. The Labute approximate surface area is 113 Å². The van der Waals surface area contributed by atoms with Crippen LogP contribution in [0.5, 0.6) is 0 Å². The molecule has 0 bridgehead atoms. The molecule has 0 aliphatic carbocycles. The van der Waals surface area contributed by atoms with Crippen LogP contribution in [0, 0.1) is 0 Å². The second kappa shape index (κ2) is 6.48. The molecule has 3 heteroatoms. The lowest BCUT2D eigenvalue weighted by atomic mass is 10.2. The van der Waals surface area contributed by atoms with Crippen LogP contribution in [0.15, 0.2) is 42.9 Å². The van der Waals surface area contributed by atoms with E-state index in [0.29, 0.717) is 0 Å². The van der Waals surface area contributed by atoms with Crippen LogP contribution in [0.3, 0.4) is 0 Å². The maximum Gasteiger partial charge on any atom is 0.205 e. The summed E-state index contributed by atoms with van der Waals surface area (Å²) < 4.78 is 2.21. The second-order valence-corrected chi connectivity index (χ2v) is 3.39. The minimum absolute atomic E-state index is 0. The Bertz CT molecular complexity index is 447. The fourth-order valence-corrected chi connectivity index (χ4v) is 1.55. The van der Waals surface area contributed by atoms with Gasteiger partial charge in [-0.25, -0.2) is 0 Å². The minimum Gasteiger partial charge on any atom is -1.00 e. The summed E-state index contributed by atoms with van der Waals surface area (Å²) in [5.41, 5.74) is 2.42. The first-order valence-corrected chi connectivity index (χ1v) is 5.19. The maximum atomic E-state index is 3.04. The van der Waals surface area contributed by atoms with E-state index < -0.39 is 0 Å². The molecule has 2 aromatic heterocycles. The molecule has 0 saturated heterocycles. The molecular formula is C13H15IN2. The van der Waals surface area contributed by atoms with Gasteiger partial charge in [0.15, 0.2) is 6.20 Å². The predicted octanol–water partition coefficient (Wildman–Crippen LogP) is -0.503. The number of aryl methyl sites for hydroxylation is 1. The molecule has 16 heavy (non-hydrogen) atoms. The van der Waals surface area contributed by atoms with Crippen molar-refractivity contribution in [3.05, 3.63) is 54.1 Å². The predicted molar refractivity (Wildman–Crippen MR) is 62.0 cm³/mol. The largest absolute Gasteiger partial charge is 1.00 e. The molecule has 2 aromatic rings. The van der Waals surface area contributed by atoms with E-state index in [2.05, 4.69) is 59.1 Å². The highest BCUT2D eigenvalue weighted by atomic mass is 127. The van der Waals surface area contributed by atoms with Gasteiger partial charge in [-0.1, -0.05) is 0 Å². The Morgan fingerprint density at radius 2 is 2.12 bits per heavy atom. The van der Waals surface area contributed by atoms with Gasteiger partial charge in [-0.2, -0.15) is 4.57 Å². The van der Waals surface area contributed by atoms with Gasteiger partial charge in [0.05, 0.1) is 0 Å². The van der Waals surface area contributed by atoms with Gasteiger partial charge in [-0.05, 0) is 30.7 Å². The summed E-state index contributed by atoms with van der Waals surface area (Å²) in [6.45, 7) is 3.14. The number of rotatable bonds is 3. The lowest BCUT2D eigenvalue weighted by Crippen LogP contribution is -3.00. The fraction of sp³-hybridized carbons (Fsp3) is 0.154. The van der Waals surface area contributed by atoms with Crippen LogP contribution in [0.4, 0.5) is 0 Å². The summed E-state index contributed by atoms with van der Waals surface area (Å²) in [4.78, 5) is 3.04. The Hall–Kier alpha value is -1.10. The molecule has 0 aliphatic rings. The van der Waals surface area contributed by atoms with Gasteiger partial charge >= 0.3 is 0 Å². The molecule has 0 saturated carbocycles. The van der Waals surface area contributed by atoms with Crippen molar-refractivity contribution in [3.8, 4) is 0 Å². The first-order chi connectivity index (χ1) is 7.40. The third-order valence-electron chi connectivity index (χ3n) is 2.38. The molecule has 84 valence electrons. The van der Waals surface area contributed by atoms with Crippen LogP contribution < -0.4 is 28.5 Å². The summed E-state index contributed by atoms with van der Waals surface area (Å²) >= 11 is 0. The van der Waals surface area contributed by atoms with Crippen LogP contribution in [-0.2, 0) is 6.54 Å². The Balaban J connectivity index is 0.00000128. The van der Waals surface area contributed by atoms with Gasteiger partial charge in [-0.15, -0.1) is 0 Å². The van der Waals surface area contributed by atoms with Gasteiger partial charge in [-0.3, -0.25) is 0 Å². The SMILES string of the molecule is CC[n+]1ccccc1/C=C/c1cc[nH]c1.[I-]. The van der Waals surface area contributed by atoms with Gasteiger partial charge in [0.25, 0.3) is 0 Å². The first kappa shape index (κ1) is 13.0. The minimum atomic E-state index is 0. The zero-order chi connectivity index (χ0) is 10.5. The summed E-state index contributed by atoms with van der Waals surface area (Å²) in [7, 11) is 0. The topological polar surface area (TPSA) is 19.7 Å². The van der Waals surface area contributed by atoms with E-state index in [4.69, 9.17) is 0 Å². The third kappa shape index (κ3) is 3.20. The molecule has 0 fully saturated rings. The summed E-state index contributed by atoms with van der Waals surface area (Å²) in [5, 5.41) is 0. The molecule has 0 aliphatic heterocycles. The molecule has 2 rings (SSSR count). The van der Waals surface area contributed by atoms with Crippen LogP contribution in [0.1, 0.15) is 18.2 Å². The molecule has 0 spiro atoms. The van der Waals surface area contributed by atoms with E-state index in [-0.39, 0.29) is 24.0 Å². The van der Waals surface area contributed by atoms with Crippen LogP contribution in [-0.4, -0.2) is 4.98 Å². The molecule has 2 heterocycles. The van der Waals surface area contributed by atoms with Crippen LogP contribution in [0.25, 0.3) is 12.2 Å². The number of pyridine rings is 1. The van der Waals surface area contributed by atoms with E-state index in [9.17, 15) is 0 Å². The smallest absolute Gasteiger partial charge is 0.205 e. The summed E-state index contributed by atoms with van der Waals surface area (Å²) in [6, 6.07) is 8.28. The van der Waals surface area contributed by atoms with Crippen molar-refractivity contribution < 1.29 is 28.5 Å². The molecule has 0 atom stereocenters. The van der Waals surface area contributed by atoms with Crippen molar-refractivity contribution >= 4 is 12.2 Å². The number of H-pyrrole nitrogens is 1. The standard InChI is InChI=1S/C13H14N2.HI/c1-2-15-10-4-3-5-13(15)7-6-12-8-9-14-11-12;/h3-11H,2H2,1H3;1H. The molecule has 0 amide bonds. The van der Waals surface area contributed by atoms with Crippen molar-refractivity contribution in [2.45, 2.75) is 13.5 Å². The van der Waals surface area contributed by atoms with E-state index in [0.717, 1.165) is 6.54 Å². The van der Waals surface area contributed by atoms with Crippen molar-refractivity contribution in [3.63, 3.8) is 0 Å². The lowest BCUT2D eigenvalue weighted by Gasteiger charge is -1.95. The zero-order valence-corrected chi connectivity index (χ0v) is 11.4. The third-order valence-corrected chi connectivity index (χ3v) is 2.38. The quantitative estimate of drug-likeness (QED) is 0.580. The lowest BCUT2D eigenvalue weighted by molar-refractivity contribution is -0.695. The number of halogens is 1. The number of hydrogen-bond donors (Lipinski definition) is 1. The number of nitrogens with zero attached hydrogens (tertiary/aromatic N) is 1. The molecular weight excluding hydrogens is 311 g/mol. The Morgan fingerprint density at radius 3 is 2.81 bits per heavy atom. The van der Waals surface area contributed by atoms with Gasteiger partial charge in [0.1, 0.15) is 6.54 Å². The van der Waals surface area contributed by atoms with Crippen LogP contribution >= 0.6 is 0 Å². The molecule has 2 nitrogen and oxygen atoms in total. The summed E-state index contributed by atoms with van der Waals surface area (Å²) in [6.07, 6.45) is 10.2. The van der Waals surface area contributed by atoms with Crippen molar-refractivity contribution in [2.75, 3.05) is 0 Å². The van der Waals surface area contributed by atoms with E-state index in [1.807, 2.05) is 12.4 Å². The fourth-order valence-electron chi connectivity index (χ4n) is 1.55. The maximum absolute atomic E-state index is 3.04. The zero-order valence-electron chi connectivity index (χ0n) is 9.23. The monoisotopic (exact) mass is 326 g/mol. The van der Waals surface area contributed by atoms with Crippen molar-refractivity contribution in [1.29, 1.82) is 0 Å². The summed E-state index contributed by atoms with van der Waals surface area (Å²) in [5.74, 6) is 0. The number of aromatic amines is 1. The van der Waals surface area contributed by atoms with Crippen molar-refractivity contribution in [2.24, 2.45) is 0 Å². The number of aromatic nitrogens is 2. The molecule has 1 N–H and O–H groups in total. The van der Waals surface area contributed by atoms with E-state index in [1.54, 1.807) is 0 Å². The number of hydrogen-bond acceptors (Lipinski definition) is 0.